The largest absolute Gasteiger partial charge is 0.347 e. The molecule has 3 rings (SSSR count). The molecule has 3 heteroatoms. The summed E-state index contributed by atoms with van der Waals surface area (Å²) < 4.78 is 2.14. The first-order chi connectivity index (χ1) is 10.4. The Bertz CT molecular complexity index is 712. The Morgan fingerprint density at radius 1 is 1.32 bits per heavy atom. The number of benzene rings is 1. The Labute approximate surface area is 132 Å². The van der Waals surface area contributed by atoms with Crippen LogP contribution in [0.25, 0.3) is 10.9 Å². The SMILES string of the molecule is Cc1c(C(=O)C[NH+]2CCCC(C)(C)C2)c2ccccc2n1C. The number of carbonyl (C=O) groups excluding carboxylic acids is 1. The van der Waals surface area contributed by atoms with Crippen molar-refractivity contribution in [3.63, 3.8) is 0 Å². The second-order valence-corrected chi connectivity index (χ2v) is 7.58. The first-order valence-corrected chi connectivity index (χ1v) is 8.30. The fourth-order valence-corrected chi connectivity index (χ4v) is 4.01. The number of rotatable bonds is 3. The molecule has 1 unspecified atom stereocenters. The summed E-state index contributed by atoms with van der Waals surface area (Å²) in [5.41, 5.74) is 3.52. The van der Waals surface area contributed by atoms with E-state index in [1.807, 2.05) is 19.2 Å². The molecule has 1 aliphatic rings. The molecule has 3 nitrogen and oxygen atoms in total. The minimum atomic E-state index is 0.294. The van der Waals surface area contributed by atoms with Gasteiger partial charge in [-0.05, 0) is 25.8 Å². The normalized spacial score (nSPS) is 21.2. The summed E-state index contributed by atoms with van der Waals surface area (Å²) >= 11 is 0. The predicted molar refractivity (Wildman–Crippen MR) is 90.6 cm³/mol. The number of fused-ring (bicyclic) bond motifs is 1. The van der Waals surface area contributed by atoms with Gasteiger partial charge in [0.05, 0.1) is 18.7 Å². The van der Waals surface area contributed by atoms with Gasteiger partial charge in [0.25, 0.3) is 0 Å². The van der Waals surface area contributed by atoms with Gasteiger partial charge in [0, 0.05) is 29.1 Å². The van der Waals surface area contributed by atoms with Crippen LogP contribution in [0.15, 0.2) is 24.3 Å². The fourth-order valence-electron chi connectivity index (χ4n) is 4.01. The van der Waals surface area contributed by atoms with Crippen molar-refractivity contribution in [2.75, 3.05) is 19.6 Å². The fraction of sp³-hybridized carbons (Fsp3) is 0.526. The minimum absolute atomic E-state index is 0.294. The van der Waals surface area contributed by atoms with Crippen molar-refractivity contribution in [1.29, 1.82) is 0 Å². The van der Waals surface area contributed by atoms with Crippen LogP contribution in [-0.4, -0.2) is 30.0 Å². The van der Waals surface area contributed by atoms with Gasteiger partial charge >= 0.3 is 0 Å². The minimum Gasteiger partial charge on any atom is -0.347 e. The van der Waals surface area contributed by atoms with E-state index < -0.39 is 0 Å². The molecule has 1 atom stereocenters. The van der Waals surface area contributed by atoms with Gasteiger partial charge in [-0.2, -0.15) is 0 Å². The average Bonchev–Trinajstić information content (AvgIpc) is 2.70. The maximum atomic E-state index is 12.9. The smallest absolute Gasteiger partial charge is 0.219 e. The van der Waals surface area contributed by atoms with Crippen LogP contribution in [0.4, 0.5) is 0 Å². The molecule has 1 fully saturated rings. The van der Waals surface area contributed by atoms with Gasteiger partial charge in [-0.25, -0.2) is 0 Å². The van der Waals surface area contributed by atoms with Crippen molar-refractivity contribution < 1.29 is 9.69 Å². The molecule has 0 saturated carbocycles. The number of ketones is 1. The number of para-hydroxylation sites is 1. The zero-order valence-corrected chi connectivity index (χ0v) is 14.2. The lowest BCUT2D eigenvalue weighted by Crippen LogP contribution is -3.15. The summed E-state index contributed by atoms with van der Waals surface area (Å²) in [5, 5.41) is 1.10. The number of hydrogen-bond donors (Lipinski definition) is 1. The van der Waals surface area contributed by atoms with Crippen LogP contribution < -0.4 is 4.90 Å². The standard InChI is InChI=1S/C19H26N2O/c1-14-18(15-8-5-6-9-16(15)20(14)4)17(22)12-21-11-7-10-19(2,3)13-21/h5-6,8-9H,7,10-13H2,1-4H3/p+1. The van der Waals surface area contributed by atoms with Crippen LogP contribution in [0.2, 0.25) is 0 Å². The average molecular weight is 299 g/mol. The van der Waals surface area contributed by atoms with Crippen LogP contribution in [0.5, 0.6) is 0 Å². The molecule has 0 bridgehead atoms. The Balaban J connectivity index is 1.88. The first-order valence-electron chi connectivity index (χ1n) is 8.30. The number of likely N-dealkylation sites (tertiary alicyclic amines) is 1. The highest BCUT2D eigenvalue weighted by Crippen LogP contribution is 2.25. The number of aryl methyl sites for hydroxylation is 1. The third-order valence-electron chi connectivity index (χ3n) is 5.20. The van der Waals surface area contributed by atoms with E-state index in [0.29, 0.717) is 17.7 Å². The highest BCUT2D eigenvalue weighted by Gasteiger charge is 2.31. The van der Waals surface area contributed by atoms with E-state index in [1.54, 1.807) is 0 Å². The number of hydrogen-bond acceptors (Lipinski definition) is 1. The molecule has 1 aliphatic heterocycles. The van der Waals surface area contributed by atoms with Crippen LogP contribution >= 0.6 is 0 Å². The van der Waals surface area contributed by atoms with Crippen molar-refractivity contribution in [1.82, 2.24) is 4.57 Å². The molecule has 0 aliphatic carbocycles. The van der Waals surface area contributed by atoms with E-state index in [1.165, 1.54) is 17.7 Å². The van der Waals surface area contributed by atoms with Gasteiger partial charge in [0.1, 0.15) is 6.54 Å². The summed E-state index contributed by atoms with van der Waals surface area (Å²) in [6.45, 7) is 9.54. The molecule has 0 spiro atoms. The zero-order valence-electron chi connectivity index (χ0n) is 14.2. The summed E-state index contributed by atoms with van der Waals surface area (Å²) in [6, 6.07) is 8.23. The highest BCUT2D eigenvalue weighted by atomic mass is 16.1. The molecule has 1 aromatic heterocycles. The van der Waals surface area contributed by atoms with E-state index in [-0.39, 0.29) is 0 Å². The molecule has 2 aromatic rings. The summed E-state index contributed by atoms with van der Waals surface area (Å²) in [4.78, 5) is 14.4. The van der Waals surface area contributed by atoms with Gasteiger partial charge in [0.15, 0.2) is 0 Å². The lowest BCUT2D eigenvalue weighted by Gasteiger charge is -2.34. The topological polar surface area (TPSA) is 26.4 Å². The lowest BCUT2D eigenvalue weighted by molar-refractivity contribution is -0.903. The van der Waals surface area contributed by atoms with Crippen molar-refractivity contribution in [2.45, 2.75) is 33.6 Å². The summed E-state index contributed by atoms with van der Waals surface area (Å²) in [5.74, 6) is 0.294. The Hall–Kier alpha value is -1.61. The maximum absolute atomic E-state index is 12.9. The van der Waals surface area contributed by atoms with Gasteiger partial charge < -0.3 is 9.47 Å². The van der Waals surface area contributed by atoms with E-state index >= 15 is 0 Å². The predicted octanol–water partition coefficient (Wildman–Crippen LogP) is 2.37. The zero-order chi connectivity index (χ0) is 15.9. The number of Topliss-reactive ketones (excluding diaryl/α,β-unsaturated/α-hetero) is 1. The molecule has 22 heavy (non-hydrogen) atoms. The van der Waals surface area contributed by atoms with Crippen LogP contribution in [0.3, 0.4) is 0 Å². The van der Waals surface area contributed by atoms with Gasteiger partial charge in [-0.15, -0.1) is 0 Å². The van der Waals surface area contributed by atoms with Crippen LogP contribution in [0, 0.1) is 12.3 Å². The third kappa shape index (κ3) is 2.70. The Morgan fingerprint density at radius 2 is 2.05 bits per heavy atom. The number of piperidine rings is 1. The number of nitrogens with zero attached hydrogens (tertiary/aromatic N) is 1. The summed E-state index contributed by atoms with van der Waals surface area (Å²) in [7, 11) is 2.05. The monoisotopic (exact) mass is 299 g/mol. The van der Waals surface area contributed by atoms with Gasteiger partial charge in [0.2, 0.25) is 5.78 Å². The van der Waals surface area contributed by atoms with E-state index in [0.717, 1.165) is 35.2 Å². The van der Waals surface area contributed by atoms with Crippen LogP contribution in [-0.2, 0) is 7.05 Å². The molecule has 1 aromatic carbocycles. The van der Waals surface area contributed by atoms with Gasteiger partial charge in [-0.1, -0.05) is 32.0 Å². The van der Waals surface area contributed by atoms with Crippen molar-refractivity contribution in [3.05, 3.63) is 35.5 Å². The third-order valence-corrected chi connectivity index (χ3v) is 5.20. The molecule has 0 radical (unpaired) electrons. The Kier molecular flexibility index (Phi) is 3.85. The van der Waals surface area contributed by atoms with E-state index in [4.69, 9.17) is 0 Å². The summed E-state index contributed by atoms with van der Waals surface area (Å²) in [6.07, 6.45) is 2.50. The molecule has 2 heterocycles. The molecular formula is C19H27N2O+. The van der Waals surface area contributed by atoms with Gasteiger partial charge in [-0.3, -0.25) is 4.79 Å². The molecule has 1 saturated heterocycles. The van der Waals surface area contributed by atoms with Crippen molar-refractivity contribution in [2.24, 2.45) is 12.5 Å². The molecular weight excluding hydrogens is 272 g/mol. The van der Waals surface area contributed by atoms with E-state index in [9.17, 15) is 4.79 Å². The second-order valence-electron chi connectivity index (χ2n) is 7.58. The van der Waals surface area contributed by atoms with Crippen molar-refractivity contribution >= 4 is 16.7 Å². The van der Waals surface area contributed by atoms with Crippen molar-refractivity contribution in [3.8, 4) is 0 Å². The van der Waals surface area contributed by atoms with Crippen LogP contribution in [0.1, 0.15) is 42.7 Å². The Morgan fingerprint density at radius 3 is 2.77 bits per heavy atom. The lowest BCUT2D eigenvalue weighted by atomic mass is 9.84. The quantitative estimate of drug-likeness (QED) is 0.865. The maximum Gasteiger partial charge on any atom is 0.219 e. The number of nitrogens with one attached hydrogen (secondary N) is 1. The molecule has 0 amide bonds. The first kappa shape index (κ1) is 15.3. The number of carbonyl (C=O) groups is 1. The molecule has 1 N–H and O–H groups in total. The highest BCUT2D eigenvalue weighted by molar-refractivity contribution is 6.09. The number of aromatic nitrogens is 1. The van der Waals surface area contributed by atoms with E-state index in [2.05, 4.69) is 37.5 Å². The number of quaternary nitrogens is 1. The second kappa shape index (κ2) is 5.54. The molecule has 118 valence electrons.